The Hall–Kier alpha value is -3.82. The third kappa shape index (κ3) is 4.74. The zero-order chi connectivity index (χ0) is 22.7. The molecule has 0 radical (unpaired) electrons. The molecule has 0 bridgehead atoms. The molecule has 0 aliphatic carbocycles. The van der Waals surface area contributed by atoms with Crippen LogP contribution in [0.25, 0.3) is 22.3 Å². The molecule has 1 N–H and O–H groups in total. The lowest BCUT2D eigenvalue weighted by Gasteiger charge is -2.16. The Kier molecular flexibility index (Phi) is 6.11. The molecule has 2 aromatic heterocycles. The predicted octanol–water partition coefficient (Wildman–Crippen LogP) is 1.70. The largest absolute Gasteiger partial charge is 0.360 e. The molecule has 4 aromatic rings. The van der Waals surface area contributed by atoms with Crippen molar-refractivity contribution in [2.45, 2.75) is 25.5 Å². The Bertz CT molecular complexity index is 1340. The number of hydrogen-bond acceptors (Lipinski definition) is 4. The van der Waals surface area contributed by atoms with Gasteiger partial charge in [-0.05, 0) is 36.4 Å². The van der Waals surface area contributed by atoms with Gasteiger partial charge >= 0.3 is 0 Å². The van der Waals surface area contributed by atoms with Gasteiger partial charge in [0.25, 0.3) is 5.56 Å². The maximum absolute atomic E-state index is 13.5. The van der Waals surface area contributed by atoms with Gasteiger partial charge in [-0.3, -0.25) is 9.59 Å². The van der Waals surface area contributed by atoms with E-state index in [1.54, 1.807) is 14.2 Å². The third-order valence-corrected chi connectivity index (χ3v) is 5.04. The van der Waals surface area contributed by atoms with E-state index >= 15 is 0 Å². The Morgan fingerprint density at radius 1 is 1.09 bits per heavy atom. The molecular weight excluding hydrogens is 415 g/mol. The number of aromatic nitrogens is 4. The average molecular weight is 435 g/mol. The number of imidazole rings is 1. The fraction of sp³-hybridized carbons (Fsp3) is 0.182. The molecule has 0 unspecified atom stereocenters. The first-order chi connectivity index (χ1) is 15.4. The highest BCUT2D eigenvalue weighted by Gasteiger charge is 2.12. The van der Waals surface area contributed by atoms with E-state index in [0.717, 1.165) is 23.2 Å². The van der Waals surface area contributed by atoms with Gasteiger partial charge in [-0.1, -0.05) is 12.1 Å². The van der Waals surface area contributed by atoms with E-state index in [1.807, 2.05) is 28.8 Å². The molecule has 2 heterocycles. The normalized spacial score (nSPS) is 12.1. The molecule has 1 amide bonds. The van der Waals surface area contributed by atoms with Crippen LogP contribution in [-0.4, -0.2) is 39.0 Å². The monoisotopic (exact) mass is 435 g/mol. The van der Waals surface area contributed by atoms with Crippen LogP contribution >= 0.6 is 0 Å². The van der Waals surface area contributed by atoms with Crippen molar-refractivity contribution >= 4 is 24.8 Å². The third-order valence-electron chi connectivity index (χ3n) is 5.04. The Balaban J connectivity index is 1.39. The van der Waals surface area contributed by atoms with Crippen molar-refractivity contribution in [3.05, 3.63) is 82.9 Å². The summed E-state index contributed by atoms with van der Waals surface area (Å²) in [6, 6.07) is 13.9. The van der Waals surface area contributed by atoms with Gasteiger partial charge in [0.1, 0.15) is 7.85 Å². The number of carbonyl (C=O) groups is 1. The van der Waals surface area contributed by atoms with Crippen LogP contribution in [0.15, 0.2) is 65.7 Å². The van der Waals surface area contributed by atoms with Gasteiger partial charge in [0.05, 0.1) is 29.6 Å². The highest BCUT2D eigenvalue weighted by molar-refractivity contribution is 6.13. The van der Waals surface area contributed by atoms with Crippen LogP contribution in [0.1, 0.15) is 6.42 Å². The number of amides is 1. The Morgan fingerprint density at radius 3 is 2.72 bits per heavy atom. The molecule has 0 saturated carbocycles. The maximum Gasteiger partial charge on any atom is 0.266 e. The van der Waals surface area contributed by atoms with E-state index in [9.17, 15) is 18.4 Å². The minimum atomic E-state index is -0.992. The topological polar surface area (TPSA) is 81.8 Å². The lowest BCUT2D eigenvalue weighted by Crippen LogP contribution is -2.41. The lowest BCUT2D eigenvalue weighted by molar-refractivity contribution is -0.121. The number of hydrogen-bond donors (Lipinski definition) is 1. The van der Waals surface area contributed by atoms with Crippen LogP contribution in [0.5, 0.6) is 0 Å². The molecule has 2 aromatic carbocycles. The standard InChI is InChI=1S/C22H20BF2N5O2/c23-20(27-21(31)9-10-29-13-26-18-3-1-2-4-19(18)29)12-30-22(32)8-7-17(28-30)14-5-6-15(24)16(25)11-14/h1-8,11,13,20H,9-10,12,23H2,(H,27,31)/t20-/m0/s1. The van der Waals surface area contributed by atoms with Crippen molar-refractivity contribution in [2.24, 2.45) is 0 Å². The van der Waals surface area contributed by atoms with Crippen LogP contribution in [0.2, 0.25) is 0 Å². The molecule has 162 valence electrons. The summed E-state index contributed by atoms with van der Waals surface area (Å²) in [7, 11) is 1.77. The van der Waals surface area contributed by atoms with Gasteiger partial charge in [-0.2, -0.15) is 5.10 Å². The van der Waals surface area contributed by atoms with E-state index < -0.39 is 11.6 Å². The van der Waals surface area contributed by atoms with Crippen LogP contribution in [0, 0.1) is 11.6 Å². The van der Waals surface area contributed by atoms with Gasteiger partial charge in [0.2, 0.25) is 5.91 Å². The molecule has 0 fully saturated rings. The fourth-order valence-electron chi connectivity index (χ4n) is 3.45. The van der Waals surface area contributed by atoms with Crippen LogP contribution < -0.4 is 10.9 Å². The number of nitrogens with zero attached hydrogens (tertiary/aromatic N) is 4. The van der Waals surface area contributed by atoms with Crippen molar-refractivity contribution in [1.29, 1.82) is 0 Å². The molecule has 0 saturated heterocycles. The number of fused-ring (bicyclic) bond motifs is 1. The zero-order valence-corrected chi connectivity index (χ0v) is 17.3. The van der Waals surface area contributed by atoms with E-state index in [-0.39, 0.29) is 30.4 Å². The summed E-state index contributed by atoms with van der Waals surface area (Å²) >= 11 is 0. The summed E-state index contributed by atoms with van der Waals surface area (Å²) in [6.07, 6.45) is 1.95. The van der Waals surface area contributed by atoms with Gasteiger partial charge in [0, 0.05) is 30.5 Å². The second kappa shape index (κ2) is 9.13. The molecule has 1 atom stereocenters. The summed E-state index contributed by atoms with van der Waals surface area (Å²) < 4.78 is 29.8. The number of rotatable bonds is 7. The molecule has 0 spiro atoms. The van der Waals surface area contributed by atoms with Gasteiger partial charge < -0.3 is 9.88 Å². The van der Waals surface area contributed by atoms with E-state index in [1.165, 1.54) is 22.9 Å². The van der Waals surface area contributed by atoms with Gasteiger partial charge in [-0.25, -0.2) is 18.4 Å². The van der Waals surface area contributed by atoms with Crippen molar-refractivity contribution in [3.8, 4) is 11.3 Å². The SMILES string of the molecule is B[C@H](Cn1nc(-c2ccc(F)c(F)c2)ccc1=O)NC(=O)CCn1cnc2ccccc21. The molecule has 0 aliphatic rings. The number of benzene rings is 2. The molecular formula is C22H20BF2N5O2. The first kappa shape index (κ1) is 21.4. The highest BCUT2D eigenvalue weighted by Crippen LogP contribution is 2.18. The summed E-state index contributed by atoms with van der Waals surface area (Å²) in [5, 5.41) is 7.09. The summed E-state index contributed by atoms with van der Waals surface area (Å²) in [5.74, 6) is -2.48. The van der Waals surface area contributed by atoms with E-state index in [2.05, 4.69) is 15.4 Å². The minimum Gasteiger partial charge on any atom is -0.360 e. The van der Waals surface area contributed by atoms with Gasteiger partial charge in [0.15, 0.2) is 11.6 Å². The second-order valence-electron chi connectivity index (χ2n) is 7.51. The molecule has 10 heteroatoms. The number of aryl methyl sites for hydroxylation is 1. The zero-order valence-electron chi connectivity index (χ0n) is 17.3. The van der Waals surface area contributed by atoms with E-state index in [4.69, 9.17) is 0 Å². The summed E-state index contributed by atoms with van der Waals surface area (Å²) in [5.41, 5.74) is 2.14. The molecule has 32 heavy (non-hydrogen) atoms. The fourth-order valence-corrected chi connectivity index (χ4v) is 3.45. The van der Waals surface area contributed by atoms with Crippen molar-refractivity contribution in [3.63, 3.8) is 0 Å². The summed E-state index contributed by atoms with van der Waals surface area (Å²) in [6.45, 7) is 0.610. The van der Waals surface area contributed by atoms with Crippen molar-refractivity contribution < 1.29 is 13.6 Å². The number of para-hydroxylation sites is 2. The first-order valence-electron chi connectivity index (χ1n) is 10.1. The van der Waals surface area contributed by atoms with Crippen molar-refractivity contribution in [2.75, 3.05) is 0 Å². The van der Waals surface area contributed by atoms with Crippen molar-refractivity contribution in [1.82, 2.24) is 24.6 Å². The second-order valence-corrected chi connectivity index (χ2v) is 7.51. The van der Waals surface area contributed by atoms with Crippen LogP contribution in [0.3, 0.4) is 0 Å². The van der Waals surface area contributed by atoms with Crippen LogP contribution in [-0.2, 0) is 17.9 Å². The molecule has 7 nitrogen and oxygen atoms in total. The lowest BCUT2D eigenvalue weighted by atomic mass is 9.96. The number of nitrogens with one attached hydrogen (secondary N) is 1. The smallest absolute Gasteiger partial charge is 0.266 e. The quantitative estimate of drug-likeness (QED) is 0.449. The predicted molar refractivity (Wildman–Crippen MR) is 119 cm³/mol. The molecule has 4 rings (SSSR count). The van der Waals surface area contributed by atoms with Gasteiger partial charge in [-0.15, -0.1) is 0 Å². The average Bonchev–Trinajstić information content (AvgIpc) is 3.19. The van der Waals surface area contributed by atoms with Crippen LogP contribution in [0.4, 0.5) is 8.78 Å². The Labute approximate surface area is 183 Å². The maximum atomic E-state index is 13.5. The number of carbonyl (C=O) groups excluding carboxylic acids is 1. The summed E-state index contributed by atoms with van der Waals surface area (Å²) in [4.78, 5) is 28.9. The number of halogens is 2. The molecule has 0 aliphatic heterocycles. The Morgan fingerprint density at radius 2 is 1.91 bits per heavy atom. The van der Waals surface area contributed by atoms with E-state index in [0.29, 0.717) is 17.8 Å². The first-order valence-corrected chi connectivity index (χ1v) is 10.1. The minimum absolute atomic E-state index is 0.135. The highest BCUT2D eigenvalue weighted by atomic mass is 19.2.